The number of aryl methyl sites for hydroxylation is 3. The second-order valence-electron chi connectivity index (χ2n) is 4.99. The lowest BCUT2D eigenvalue weighted by Gasteiger charge is -2.07. The summed E-state index contributed by atoms with van der Waals surface area (Å²) in [6.07, 6.45) is 0. The van der Waals surface area contributed by atoms with Crippen molar-refractivity contribution < 1.29 is 18.7 Å². The topological polar surface area (TPSA) is 61.6 Å². The van der Waals surface area contributed by atoms with Gasteiger partial charge in [-0.1, -0.05) is 17.7 Å². The molecular weight excluding hydrogens is 270 g/mol. The van der Waals surface area contributed by atoms with Crippen LogP contribution in [0.5, 0.6) is 0 Å². The number of aromatic nitrogens is 1. The van der Waals surface area contributed by atoms with Gasteiger partial charge >= 0.3 is 5.97 Å². The van der Waals surface area contributed by atoms with E-state index >= 15 is 0 Å². The highest BCUT2D eigenvalue weighted by atomic mass is 16.5. The standard InChI is InChI=1S/C16H19NO4/c1-9-6-10(2)13(11(3)7-9)15-17-12(8-19-4)14(21-15)16(18)20-5/h6-7H,8H2,1-5H3. The molecule has 0 saturated carbocycles. The van der Waals surface area contributed by atoms with Crippen molar-refractivity contribution in [2.45, 2.75) is 27.4 Å². The molecule has 2 rings (SSSR count). The van der Waals surface area contributed by atoms with E-state index in [9.17, 15) is 4.79 Å². The Morgan fingerprint density at radius 2 is 1.81 bits per heavy atom. The summed E-state index contributed by atoms with van der Waals surface area (Å²) in [5.74, 6) is -0.0469. The quantitative estimate of drug-likeness (QED) is 0.809. The van der Waals surface area contributed by atoms with E-state index < -0.39 is 5.97 Å². The molecule has 5 nitrogen and oxygen atoms in total. The van der Waals surface area contributed by atoms with Gasteiger partial charge in [-0.25, -0.2) is 9.78 Å². The summed E-state index contributed by atoms with van der Waals surface area (Å²) in [7, 11) is 2.85. The first-order chi connectivity index (χ1) is 9.97. The second kappa shape index (κ2) is 6.10. The monoisotopic (exact) mass is 289 g/mol. The number of esters is 1. The Balaban J connectivity index is 2.58. The Morgan fingerprint density at radius 1 is 1.19 bits per heavy atom. The minimum absolute atomic E-state index is 0.0914. The lowest BCUT2D eigenvalue weighted by Crippen LogP contribution is -2.04. The van der Waals surface area contributed by atoms with Crippen molar-refractivity contribution in [3.8, 4) is 11.5 Å². The molecule has 0 bridgehead atoms. The third-order valence-electron chi connectivity index (χ3n) is 3.24. The fourth-order valence-electron chi connectivity index (χ4n) is 2.46. The molecule has 21 heavy (non-hydrogen) atoms. The molecule has 0 unspecified atom stereocenters. The molecule has 0 N–H and O–H groups in total. The van der Waals surface area contributed by atoms with E-state index in [1.807, 2.05) is 20.8 Å². The molecule has 1 heterocycles. The van der Waals surface area contributed by atoms with Crippen molar-refractivity contribution in [3.63, 3.8) is 0 Å². The maximum atomic E-state index is 11.8. The van der Waals surface area contributed by atoms with Crippen LogP contribution in [0.2, 0.25) is 0 Å². The van der Waals surface area contributed by atoms with Gasteiger partial charge in [0.25, 0.3) is 0 Å². The third-order valence-corrected chi connectivity index (χ3v) is 3.24. The predicted octanol–water partition coefficient (Wildman–Crippen LogP) is 3.20. The Kier molecular flexibility index (Phi) is 4.43. The maximum absolute atomic E-state index is 11.8. The average Bonchev–Trinajstić information content (AvgIpc) is 2.81. The van der Waals surface area contributed by atoms with E-state index in [0.29, 0.717) is 11.6 Å². The number of oxazole rings is 1. The fourth-order valence-corrected chi connectivity index (χ4v) is 2.46. The van der Waals surface area contributed by atoms with Crippen LogP contribution in [0.15, 0.2) is 16.5 Å². The van der Waals surface area contributed by atoms with Gasteiger partial charge in [-0.2, -0.15) is 0 Å². The van der Waals surface area contributed by atoms with E-state index in [2.05, 4.69) is 17.1 Å². The molecule has 0 aliphatic heterocycles. The van der Waals surface area contributed by atoms with Crippen molar-refractivity contribution in [1.82, 2.24) is 4.98 Å². The molecule has 2 aromatic rings. The summed E-state index contributed by atoms with van der Waals surface area (Å²) in [6, 6.07) is 4.11. The number of hydrogen-bond donors (Lipinski definition) is 0. The molecule has 1 aromatic heterocycles. The molecule has 112 valence electrons. The molecule has 0 aliphatic rings. The fraction of sp³-hybridized carbons (Fsp3) is 0.375. The molecule has 0 aliphatic carbocycles. The van der Waals surface area contributed by atoms with Crippen molar-refractivity contribution in [1.29, 1.82) is 0 Å². The lowest BCUT2D eigenvalue weighted by atomic mass is 10.00. The van der Waals surface area contributed by atoms with Crippen LogP contribution in [-0.2, 0) is 16.1 Å². The highest BCUT2D eigenvalue weighted by Gasteiger charge is 2.23. The molecule has 0 spiro atoms. The number of hydrogen-bond acceptors (Lipinski definition) is 5. The smallest absolute Gasteiger partial charge is 0.376 e. The molecular formula is C16H19NO4. The van der Waals surface area contributed by atoms with Crippen LogP contribution in [-0.4, -0.2) is 25.2 Å². The van der Waals surface area contributed by atoms with E-state index in [4.69, 9.17) is 13.9 Å². The lowest BCUT2D eigenvalue weighted by molar-refractivity contribution is 0.0559. The molecule has 0 amide bonds. The van der Waals surface area contributed by atoms with Crippen molar-refractivity contribution in [2.24, 2.45) is 0 Å². The Hall–Kier alpha value is -2.14. The Morgan fingerprint density at radius 3 is 2.33 bits per heavy atom. The summed E-state index contributed by atoms with van der Waals surface area (Å²) in [6.45, 7) is 6.22. The van der Waals surface area contributed by atoms with Gasteiger partial charge in [-0.15, -0.1) is 0 Å². The minimum Gasteiger partial charge on any atom is -0.463 e. The average molecular weight is 289 g/mol. The van der Waals surface area contributed by atoms with Crippen LogP contribution < -0.4 is 0 Å². The normalized spacial score (nSPS) is 10.7. The van der Waals surface area contributed by atoms with Crippen LogP contribution in [0.25, 0.3) is 11.5 Å². The first kappa shape index (κ1) is 15.3. The summed E-state index contributed by atoms with van der Waals surface area (Å²) in [5, 5.41) is 0. The molecule has 1 aromatic carbocycles. The van der Waals surface area contributed by atoms with Crippen LogP contribution in [0.3, 0.4) is 0 Å². The number of carbonyl (C=O) groups excluding carboxylic acids is 1. The maximum Gasteiger partial charge on any atom is 0.376 e. The highest BCUT2D eigenvalue weighted by molar-refractivity contribution is 5.88. The number of ether oxygens (including phenoxy) is 2. The zero-order valence-electron chi connectivity index (χ0n) is 12.9. The van der Waals surface area contributed by atoms with Crippen molar-refractivity contribution in [2.75, 3.05) is 14.2 Å². The van der Waals surface area contributed by atoms with Gasteiger partial charge in [0.15, 0.2) is 0 Å². The molecule has 0 saturated heterocycles. The first-order valence-corrected chi connectivity index (χ1v) is 6.63. The zero-order chi connectivity index (χ0) is 15.6. The van der Waals surface area contributed by atoms with E-state index in [1.54, 1.807) is 0 Å². The largest absolute Gasteiger partial charge is 0.463 e. The van der Waals surface area contributed by atoms with E-state index in [0.717, 1.165) is 16.7 Å². The van der Waals surface area contributed by atoms with Crippen LogP contribution in [0, 0.1) is 20.8 Å². The molecule has 0 atom stereocenters. The third kappa shape index (κ3) is 2.97. The number of rotatable bonds is 4. The minimum atomic E-state index is -0.553. The van der Waals surface area contributed by atoms with E-state index in [1.165, 1.54) is 19.8 Å². The van der Waals surface area contributed by atoms with Crippen LogP contribution in [0.4, 0.5) is 0 Å². The number of benzene rings is 1. The van der Waals surface area contributed by atoms with Crippen molar-refractivity contribution >= 4 is 5.97 Å². The molecule has 0 radical (unpaired) electrons. The zero-order valence-corrected chi connectivity index (χ0v) is 12.9. The first-order valence-electron chi connectivity index (χ1n) is 6.63. The summed E-state index contributed by atoms with van der Waals surface area (Å²) in [5.41, 5.74) is 4.61. The summed E-state index contributed by atoms with van der Waals surface area (Å²) in [4.78, 5) is 16.2. The van der Waals surface area contributed by atoms with Gasteiger partial charge in [0, 0.05) is 12.7 Å². The highest BCUT2D eigenvalue weighted by Crippen LogP contribution is 2.30. The van der Waals surface area contributed by atoms with Gasteiger partial charge in [0.1, 0.15) is 5.69 Å². The Bertz CT molecular complexity index is 650. The van der Waals surface area contributed by atoms with Gasteiger partial charge in [0.2, 0.25) is 11.7 Å². The van der Waals surface area contributed by atoms with Crippen LogP contribution in [0.1, 0.15) is 32.9 Å². The van der Waals surface area contributed by atoms with E-state index in [-0.39, 0.29) is 12.4 Å². The summed E-state index contributed by atoms with van der Waals surface area (Å²) >= 11 is 0. The second-order valence-corrected chi connectivity index (χ2v) is 4.99. The molecule has 0 fully saturated rings. The van der Waals surface area contributed by atoms with Gasteiger partial charge < -0.3 is 13.9 Å². The van der Waals surface area contributed by atoms with Crippen molar-refractivity contribution in [3.05, 3.63) is 40.3 Å². The summed E-state index contributed by atoms with van der Waals surface area (Å²) < 4.78 is 15.4. The van der Waals surface area contributed by atoms with Gasteiger partial charge in [0.05, 0.1) is 13.7 Å². The molecule has 5 heteroatoms. The predicted molar refractivity (Wildman–Crippen MR) is 78.2 cm³/mol. The van der Waals surface area contributed by atoms with Gasteiger partial charge in [-0.05, 0) is 31.9 Å². The SMILES string of the molecule is COCc1nc(-c2c(C)cc(C)cc2C)oc1C(=O)OC. The van der Waals surface area contributed by atoms with Crippen LogP contribution >= 0.6 is 0 Å². The number of nitrogens with zero attached hydrogens (tertiary/aromatic N) is 1. The number of carbonyl (C=O) groups is 1. The Labute approximate surface area is 123 Å². The van der Waals surface area contributed by atoms with Gasteiger partial charge in [-0.3, -0.25) is 0 Å². The number of methoxy groups -OCH3 is 2.